The van der Waals surface area contributed by atoms with E-state index < -0.39 is 11.9 Å². The number of aliphatic carboxylic acids is 1. The van der Waals surface area contributed by atoms with E-state index in [0.717, 1.165) is 0 Å². The molecule has 1 aromatic rings. The van der Waals surface area contributed by atoms with Crippen LogP contribution in [0.4, 0.5) is 4.39 Å². The van der Waals surface area contributed by atoms with Gasteiger partial charge < -0.3 is 9.84 Å². The maximum absolute atomic E-state index is 14.0. The smallest absolute Gasteiger partial charge is 0.310 e. The van der Waals surface area contributed by atoms with Crippen molar-refractivity contribution in [2.45, 2.75) is 19.0 Å². The van der Waals surface area contributed by atoms with E-state index in [1.807, 2.05) is 11.8 Å². The van der Waals surface area contributed by atoms with Gasteiger partial charge in [-0.05, 0) is 26.1 Å². The lowest BCUT2D eigenvalue weighted by atomic mass is 9.99. The summed E-state index contributed by atoms with van der Waals surface area (Å²) in [6.45, 7) is 2.43. The number of carbonyl (C=O) groups is 1. The summed E-state index contributed by atoms with van der Waals surface area (Å²) < 4.78 is 19.9. The van der Waals surface area contributed by atoms with Gasteiger partial charge in [-0.3, -0.25) is 9.69 Å². The number of carboxylic acid groups (broad SMARTS) is 1. The fraction of sp³-hybridized carbons (Fsp3) is 0.500. The zero-order valence-electron chi connectivity index (χ0n) is 11.3. The minimum absolute atomic E-state index is 0.208. The molecule has 1 heterocycles. The Kier molecular flexibility index (Phi) is 4.78. The van der Waals surface area contributed by atoms with Crippen molar-refractivity contribution in [3.05, 3.63) is 34.1 Å². The Balaban J connectivity index is 2.19. The highest BCUT2D eigenvalue weighted by molar-refractivity contribution is 9.10. The van der Waals surface area contributed by atoms with Crippen LogP contribution >= 0.6 is 15.9 Å². The number of carboxylic acids is 1. The summed E-state index contributed by atoms with van der Waals surface area (Å²) in [4.78, 5) is 13.1. The van der Waals surface area contributed by atoms with E-state index in [9.17, 15) is 14.3 Å². The highest BCUT2D eigenvalue weighted by atomic mass is 79.9. The summed E-state index contributed by atoms with van der Waals surface area (Å²) in [6.07, 6.45) is 0. The Morgan fingerprint density at radius 1 is 1.55 bits per heavy atom. The first-order valence-corrected chi connectivity index (χ1v) is 7.18. The molecule has 1 aromatic carbocycles. The van der Waals surface area contributed by atoms with Gasteiger partial charge in [0.15, 0.2) is 0 Å². The lowest BCUT2D eigenvalue weighted by Gasteiger charge is -2.32. The van der Waals surface area contributed by atoms with Crippen molar-refractivity contribution < 1.29 is 19.0 Å². The molecule has 0 radical (unpaired) electrons. The number of hydrogen-bond acceptors (Lipinski definition) is 3. The topological polar surface area (TPSA) is 49.8 Å². The van der Waals surface area contributed by atoms with Crippen molar-refractivity contribution >= 4 is 21.9 Å². The first-order valence-electron chi connectivity index (χ1n) is 6.39. The standard InChI is InChI=1S/C14H17BrFNO3/c1-8(10-4-3-9(15)5-12(10)16)17(2)13-7-20-6-11(13)14(18)19/h3-5,8,11,13H,6-7H2,1-2H3,(H,18,19). The molecule has 3 unspecified atom stereocenters. The molecule has 0 spiro atoms. The van der Waals surface area contributed by atoms with Crippen LogP contribution in [0.2, 0.25) is 0 Å². The Morgan fingerprint density at radius 3 is 2.85 bits per heavy atom. The average Bonchev–Trinajstić information content (AvgIpc) is 2.86. The van der Waals surface area contributed by atoms with Gasteiger partial charge in [0.2, 0.25) is 0 Å². The molecule has 1 N–H and O–H groups in total. The molecule has 110 valence electrons. The summed E-state index contributed by atoms with van der Waals surface area (Å²) >= 11 is 3.23. The largest absolute Gasteiger partial charge is 0.481 e. The molecule has 20 heavy (non-hydrogen) atoms. The zero-order chi connectivity index (χ0) is 14.9. The summed E-state index contributed by atoms with van der Waals surface area (Å²) in [5.74, 6) is -1.74. The second-order valence-corrected chi connectivity index (χ2v) is 5.97. The highest BCUT2D eigenvalue weighted by Gasteiger charge is 2.38. The molecule has 1 aliphatic rings. The van der Waals surface area contributed by atoms with Crippen molar-refractivity contribution in [2.75, 3.05) is 20.3 Å². The fourth-order valence-electron chi connectivity index (χ4n) is 2.53. The lowest BCUT2D eigenvalue weighted by molar-refractivity contribution is -0.143. The van der Waals surface area contributed by atoms with Crippen molar-refractivity contribution in [2.24, 2.45) is 5.92 Å². The zero-order valence-corrected chi connectivity index (χ0v) is 12.9. The normalized spacial score (nSPS) is 24.1. The number of ether oxygens (including phenoxy) is 1. The van der Waals surface area contributed by atoms with Crippen molar-refractivity contribution in [3.63, 3.8) is 0 Å². The number of nitrogens with zero attached hydrogens (tertiary/aromatic N) is 1. The lowest BCUT2D eigenvalue weighted by Crippen LogP contribution is -2.42. The molecule has 1 fully saturated rings. The monoisotopic (exact) mass is 345 g/mol. The Hall–Kier alpha value is -0.980. The number of likely N-dealkylation sites (N-methyl/N-ethyl adjacent to an activating group) is 1. The van der Waals surface area contributed by atoms with Gasteiger partial charge in [-0.2, -0.15) is 0 Å². The minimum atomic E-state index is -0.872. The van der Waals surface area contributed by atoms with E-state index in [4.69, 9.17) is 4.74 Å². The first-order chi connectivity index (χ1) is 9.41. The predicted molar refractivity (Wildman–Crippen MR) is 76.0 cm³/mol. The predicted octanol–water partition coefficient (Wildman–Crippen LogP) is 2.68. The van der Waals surface area contributed by atoms with Gasteiger partial charge >= 0.3 is 5.97 Å². The van der Waals surface area contributed by atoms with Gasteiger partial charge in [-0.25, -0.2) is 4.39 Å². The van der Waals surface area contributed by atoms with Crippen molar-refractivity contribution in [1.29, 1.82) is 0 Å². The van der Waals surface area contributed by atoms with Crippen LogP contribution in [0.1, 0.15) is 18.5 Å². The summed E-state index contributed by atoms with van der Waals surface area (Å²) in [6, 6.07) is 4.44. The van der Waals surface area contributed by atoms with Crippen molar-refractivity contribution in [1.82, 2.24) is 4.90 Å². The molecule has 0 amide bonds. The van der Waals surface area contributed by atoms with Gasteiger partial charge in [-0.1, -0.05) is 22.0 Å². The Morgan fingerprint density at radius 2 is 2.25 bits per heavy atom. The molecule has 0 bridgehead atoms. The number of benzene rings is 1. The summed E-state index contributed by atoms with van der Waals surface area (Å²) in [5, 5.41) is 9.19. The third kappa shape index (κ3) is 3.02. The number of halogens is 2. The summed E-state index contributed by atoms with van der Waals surface area (Å²) in [5.41, 5.74) is 0.548. The molecule has 6 heteroatoms. The molecule has 1 aliphatic heterocycles. The van der Waals surface area contributed by atoms with Crippen LogP contribution < -0.4 is 0 Å². The van der Waals surface area contributed by atoms with E-state index in [1.54, 1.807) is 19.2 Å². The van der Waals surface area contributed by atoms with E-state index in [2.05, 4.69) is 15.9 Å². The van der Waals surface area contributed by atoms with Gasteiger partial charge in [0.1, 0.15) is 5.82 Å². The van der Waals surface area contributed by atoms with Crippen molar-refractivity contribution in [3.8, 4) is 0 Å². The maximum atomic E-state index is 14.0. The number of hydrogen-bond donors (Lipinski definition) is 1. The quantitative estimate of drug-likeness (QED) is 0.911. The molecular formula is C14H17BrFNO3. The third-order valence-electron chi connectivity index (χ3n) is 3.91. The summed E-state index contributed by atoms with van der Waals surface area (Å²) in [7, 11) is 1.81. The van der Waals surface area contributed by atoms with Crippen LogP contribution in [-0.4, -0.2) is 42.3 Å². The molecule has 3 atom stereocenters. The van der Waals surface area contributed by atoms with Gasteiger partial charge in [0.05, 0.1) is 19.1 Å². The van der Waals surface area contributed by atoms with E-state index in [1.165, 1.54) is 6.07 Å². The van der Waals surface area contributed by atoms with Crippen LogP contribution in [0.15, 0.2) is 22.7 Å². The van der Waals surface area contributed by atoms with E-state index >= 15 is 0 Å². The SMILES string of the molecule is CC(c1ccc(Br)cc1F)N(C)C1COCC1C(=O)O. The van der Waals surface area contributed by atoms with Gasteiger partial charge in [-0.15, -0.1) is 0 Å². The molecule has 0 aliphatic carbocycles. The van der Waals surface area contributed by atoms with E-state index in [0.29, 0.717) is 16.6 Å². The Bertz CT molecular complexity index is 511. The minimum Gasteiger partial charge on any atom is -0.481 e. The van der Waals surface area contributed by atoms with E-state index in [-0.39, 0.29) is 24.5 Å². The van der Waals surface area contributed by atoms with Crippen LogP contribution in [0.3, 0.4) is 0 Å². The second kappa shape index (κ2) is 6.20. The molecule has 1 saturated heterocycles. The van der Waals surface area contributed by atoms with Crippen LogP contribution in [0.5, 0.6) is 0 Å². The highest BCUT2D eigenvalue weighted by Crippen LogP contribution is 2.29. The molecule has 0 saturated carbocycles. The average molecular weight is 346 g/mol. The molecule has 4 nitrogen and oxygen atoms in total. The molecular weight excluding hydrogens is 329 g/mol. The molecule has 2 rings (SSSR count). The van der Waals surface area contributed by atoms with Gasteiger partial charge in [0.25, 0.3) is 0 Å². The van der Waals surface area contributed by atoms with Crippen LogP contribution in [0.25, 0.3) is 0 Å². The third-order valence-corrected chi connectivity index (χ3v) is 4.41. The molecule has 0 aromatic heterocycles. The Labute approximate surface area is 125 Å². The maximum Gasteiger partial charge on any atom is 0.310 e. The number of rotatable bonds is 4. The first kappa shape index (κ1) is 15.4. The van der Waals surface area contributed by atoms with Gasteiger partial charge in [0, 0.05) is 22.1 Å². The van der Waals surface area contributed by atoms with Crippen LogP contribution in [-0.2, 0) is 9.53 Å². The second-order valence-electron chi connectivity index (χ2n) is 5.06. The fourth-order valence-corrected chi connectivity index (χ4v) is 2.86. The van der Waals surface area contributed by atoms with Crippen LogP contribution in [0, 0.1) is 11.7 Å².